The number of aliphatic hydroxyl groups is 1. The molecule has 0 aromatic heterocycles. The fourth-order valence-electron chi connectivity index (χ4n) is 10.2. The molecule has 4 aliphatic carbocycles. The second-order valence-electron chi connectivity index (χ2n) is 12.5. The van der Waals surface area contributed by atoms with Crippen molar-refractivity contribution in [2.24, 2.45) is 46.3 Å². The van der Waals surface area contributed by atoms with Crippen LogP contribution in [0.4, 0.5) is 0 Å². The summed E-state index contributed by atoms with van der Waals surface area (Å²) in [5, 5.41) is 11.0. The van der Waals surface area contributed by atoms with E-state index in [1.165, 1.54) is 45.1 Å². The first-order chi connectivity index (χ1) is 13.8. The predicted octanol–water partition coefficient (Wildman–Crippen LogP) is 5.43. The van der Waals surface area contributed by atoms with Crippen molar-refractivity contribution < 1.29 is 5.11 Å². The summed E-state index contributed by atoms with van der Waals surface area (Å²) in [5.74, 6) is 4.75. The standard InChI is InChI=1S/C27H41NO/c1-16-13-23(29)25-17(2)24-22(28(25)15-16)14-21-19-9-8-18-7-5-6-11-26(18,3)20(19)10-12-27(21,24)4/h5,7-8,16-17,19-25,29H,6,9-15H2,1-4H3. The van der Waals surface area contributed by atoms with E-state index in [-0.39, 0.29) is 6.10 Å². The molecule has 1 N–H and O–H groups in total. The average Bonchev–Trinajstić information content (AvgIpc) is 3.14. The number of fused-ring (bicyclic) bond motifs is 9. The zero-order chi connectivity index (χ0) is 20.1. The summed E-state index contributed by atoms with van der Waals surface area (Å²) < 4.78 is 0. The van der Waals surface area contributed by atoms with Crippen molar-refractivity contribution in [3.63, 3.8) is 0 Å². The fourth-order valence-corrected chi connectivity index (χ4v) is 10.2. The lowest BCUT2D eigenvalue weighted by molar-refractivity contribution is -0.0564. The average molecular weight is 396 g/mol. The Morgan fingerprint density at radius 3 is 2.76 bits per heavy atom. The van der Waals surface area contributed by atoms with Crippen LogP contribution in [-0.4, -0.2) is 34.7 Å². The van der Waals surface area contributed by atoms with Crippen LogP contribution >= 0.6 is 0 Å². The van der Waals surface area contributed by atoms with Gasteiger partial charge in [-0.3, -0.25) is 4.90 Å². The highest BCUT2D eigenvalue weighted by atomic mass is 16.3. The molecule has 2 heterocycles. The molecule has 6 aliphatic rings. The van der Waals surface area contributed by atoms with Gasteiger partial charge in [-0.1, -0.05) is 45.9 Å². The second kappa shape index (κ2) is 6.22. The SMILES string of the molecule is CC1CC(O)C2C(C)C3C(CC4C5CC=C6C=CCCC6(C)C5CCC43C)N2C1. The molecule has 2 nitrogen and oxygen atoms in total. The van der Waals surface area contributed by atoms with Gasteiger partial charge in [0.05, 0.1) is 6.10 Å². The lowest BCUT2D eigenvalue weighted by Gasteiger charge is -2.57. The van der Waals surface area contributed by atoms with Crippen LogP contribution in [0.25, 0.3) is 0 Å². The van der Waals surface area contributed by atoms with Crippen molar-refractivity contribution in [1.82, 2.24) is 4.90 Å². The highest BCUT2D eigenvalue weighted by molar-refractivity contribution is 5.34. The first kappa shape index (κ1) is 19.1. The Hall–Kier alpha value is -0.600. The summed E-state index contributed by atoms with van der Waals surface area (Å²) in [7, 11) is 0. The smallest absolute Gasteiger partial charge is 0.0701 e. The van der Waals surface area contributed by atoms with E-state index in [1.807, 2.05) is 0 Å². The number of nitrogens with zero attached hydrogens (tertiary/aromatic N) is 1. The van der Waals surface area contributed by atoms with Crippen molar-refractivity contribution in [3.05, 3.63) is 23.8 Å². The number of hydrogen-bond acceptors (Lipinski definition) is 2. The molecule has 160 valence electrons. The monoisotopic (exact) mass is 395 g/mol. The van der Waals surface area contributed by atoms with E-state index >= 15 is 0 Å². The van der Waals surface area contributed by atoms with Crippen molar-refractivity contribution >= 4 is 0 Å². The summed E-state index contributed by atoms with van der Waals surface area (Å²) >= 11 is 0. The molecule has 6 rings (SSSR count). The maximum atomic E-state index is 11.0. The minimum atomic E-state index is -0.106. The third-order valence-corrected chi connectivity index (χ3v) is 11.2. The van der Waals surface area contributed by atoms with Crippen LogP contribution in [0.2, 0.25) is 0 Å². The second-order valence-corrected chi connectivity index (χ2v) is 12.5. The quantitative estimate of drug-likeness (QED) is 0.591. The molecule has 2 aliphatic heterocycles. The molecule has 0 bridgehead atoms. The molecule has 2 saturated carbocycles. The van der Waals surface area contributed by atoms with Crippen LogP contribution in [0.3, 0.4) is 0 Å². The summed E-state index contributed by atoms with van der Waals surface area (Å²) in [4.78, 5) is 2.81. The van der Waals surface area contributed by atoms with E-state index < -0.39 is 0 Å². The number of piperidine rings is 1. The molecule has 11 unspecified atom stereocenters. The first-order valence-electron chi connectivity index (χ1n) is 12.7. The summed E-state index contributed by atoms with van der Waals surface area (Å²) in [6, 6.07) is 1.15. The molecule has 0 aromatic carbocycles. The molecule has 2 heteroatoms. The van der Waals surface area contributed by atoms with E-state index in [0.717, 1.165) is 36.1 Å². The van der Waals surface area contributed by atoms with Crippen LogP contribution in [-0.2, 0) is 0 Å². The van der Waals surface area contributed by atoms with Crippen LogP contribution in [0.15, 0.2) is 23.8 Å². The van der Waals surface area contributed by atoms with Gasteiger partial charge in [-0.25, -0.2) is 0 Å². The first-order valence-corrected chi connectivity index (χ1v) is 12.7. The Morgan fingerprint density at radius 2 is 1.93 bits per heavy atom. The maximum Gasteiger partial charge on any atom is 0.0701 e. The molecular weight excluding hydrogens is 354 g/mol. The molecule has 0 radical (unpaired) electrons. The molecule has 0 spiro atoms. The van der Waals surface area contributed by atoms with E-state index in [0.29, 0.717) is 28.7 Å². The van der Waals surface area contributed by atoms with E-state index in [1.54, 1.807) is 5.57 Å². The maximum absolute atomic E-state index is 11.0. The van der Waals surface area contributed by atoms with Gasteiger partial charge in [0.2, 0.25) is 0 Å². The molecular formula is C27H41NO. The number of hydrogen-bond donors (Lipinski definition) is 1. The van der Waals surface area contributed by atoms with Gasteiger partial charge in [-0.05, 0) is 96.9 Å². The van der Waals surface area contributed by atoms with Gasteiger partial charge >= 0.3 is 0 Å². The zero-order valence-electron chi connectivity index (χ0n) is 19.0. The van der Waals surface area contributed by atoms with Crippen LogP contribution < -0.4 is 0 Å². The Bertz CT molecular complexity index is 756. The van der Waals surface area contributed by atoms with E-state index in [9.17, 15) is 5.11 Å². The van der Waals surface area contributed by atoms with Crippen molar-refractivity contribution in [2.75, 3.05) is 6.54 Å². The Kier molecular flexibility index (Phi) is 4.10. The Balaban J connectivity index is 1.35. The molecule has 11 atom stereocenters. The lowest BCUT2D eigenvalue weighted by atomic mass is 9.47. The van der Waals surface area contributed by atoms with Gasteiger partial charge in [0.25, 0.3) is 0 Å². The van der Waals surface area contributed by atoms with E-state index in [2.05, 4.69) is 50.8 Å². The highest BCUT2D eigenvalue weighted by Gasteiger charge is 2.67. The van der Waals surface area contributed by atoms with Gasteiger partial charge in [0.15, 0.2) is 0 Å². The Morgan fingerprint density at radius 1 is 1.10 bits per heavy atom. The molecule has 29 heavy (non-hydrogen) atoms. The third kappa shape index (κ3) is 2.37. The van der Waals surface area contributed by atoms with Crippen LogP contribution in [0.1, 0.15) is 72.6 Å². The predicted molar refractivity (Wildman–Crippen MR) is 118 cm³/mol. The fraction of sp³-hybridized carbons (Fsp3) is 0.852. The van der Waals surface area contributed by atoms with Crippen molar-refractivity contribution in [1.29, 1.82) is 0 Å². The van der Waals surface area contributed by atoms with Gasteiger partial charge in [-0.15, -0.1) is 0 Å². The Labute approximate surface area is 177 Å². The molecule has 2 saturated heterocycles. The normalized spacial score (nSPS) is 58.7. The minimum Gasteiger partial charge on any atom is -0.391 e. The van der Waals surface area contributed by atoms with Crippen molar-refractivity contribution in [2.45, 2.75) is 90.8 Å². The largest absolute Gasteiger partial charge is 0.391 e. The van der Waals surface area contributed by atoms with Gasteiger partial charge < -0.3 is 5.11 Å². The third-order valence-electron chi connectivity index (χ3n) is 11.2. The summed E-state index contributed by atoms with van der Waals surface area (Å²) in [6.07, 6.45) is 16.6. The van der Waals surface area contributed by atoms with E-state index in [4.69, 9.17) is 0 Å². The van der Waals surface area contributed by atoms with Gasteiger partial charge in [0.1, 0.15) is 0 Å². The summed E-state index contributed by atoms with van der Waals surface area (Å²) in [6.45, 7) is 11.3. The zero-order valence-corrected chi connectivity index (χ0v) is 19.0. The number of allylic oxidation sites excluding steroid dienone is 4. The topological polar surface area (TPSA) is 23.5 Å². The van der Waals surface area contributed by atoms with Crippen LogP contribution in [0.5, 0.6) is 0 Å². The molecule has 0 amide bonds. The molecule has 4 fully saturated rings. The van der Waals surface area contributed by atoms with Crippen molar-refractivity contribution in [3.8, 4) is 0 Å². The highest BCUT2D eigenvalue weighted by Crippen LogP contribution is 2.69. The number of aliphatic hydroxyl groups excluding tert-OH is 1. The molecule has 0 aromatic rings. The lowest BCUT2D eigenvalue weighted by Crippen LogP contribution is -2.53. The van der Waals surface area contributed by atoms with Crippen LogP contribution in [0, 0.1) is 46.3 Å². The summed E-state index contributed by atoms with van der Waals surface area (Å²) in [5.41, 5.74) is 2.58. The minimum absolute atomic E-state index is 0.106. The number of rotatable bonds is 0. The van der Waals surface area contributed by atoms with Gasteiger partial charge in [0, 0.05) is 18.6 Å². The van der Waals surface area contributed by atoms with Gasteiger partial charge in [-0.2, -0.15) is 0 Å².